The highest BCUT2D eigenvalue weighted by molar-refractivity contribution is 9.10. The second-order valence-corrected chi connectivity index (χ2v) is 9.65. The maximum absolute atomic E-state index is 5.35. The third kappa shape index (κ3) is 4.80. The van der Waals surface area contributed by atoms with Gasteiger partial charge in [-0.25, -0.2) is 0 Å². The maximum atomic E-state index is 5.35. The molecule has 1 aromatic heterocycles. The first-order valence-electron chi connectivity index (χ1n) is 12.8. The summed E-state index contributed by atoms with van der Waals surface area (Å²) in [5.41, 5.74) is 8.16. The van der Waals surface area contributed by atoms with Gasteiger partial charge in [0.15, 0.2) is 0 Å². The molecule has 0 spiro atoms. The van der Waals surface area contributed by atoms with Crippen LogP contribution in [0, 0.1) is 0 Å². The zero-order chi connectivity index (χ0) is 26.6. The van der Waals surface area contributed by atoms with E-state index in [0.717, 1.165) is 32.8 Å². The quantitative estimate of drug-likeness (QED) is 0.208. The third-order valence-electron chi connectivity index (χ3n) is 6.70. The summed E-state index contributed by atoms with van der Waals surface area (Å²) < 4.78 is 14.1. The molecule has 6 aromatic rings. The van der Waals surface area contributed by atoms with Gasteiger partial charge in [0.1, 0.15) is 11.5 Å². The van der Waals surface area contributed by atoms with Crippen LogP contribution in [-0.2, 0) is 0 Å². The number of halogens is 1. The summed E-state index contributed by atoms with van der Waals surface area (Å²) in [7, 11) is 3.39. The molecule has 0 aliphatic heterocycles. The molecule has 3 nitrogen and oxygen atoms in total. The van der Waals surface area contributed by atoms with E-state index in [1.807, 2.05) is 38.1 Å². The fourth-order valence-corrected chi connectivity index (χ4v) is 5.08. The minimum absolute atomic E-state index is 0.857. The molecule has 0 atom stereocenters. The van der Waals surface area contributed by atoms with Gasteiger partial charge in [0.25, 0.3) is 0 Å². The van der Waals surface area contributed by atoms with Crippen LogP contribution in [0.1, 0.15) is 13.8 Å². The first kappa shape index (κ1) is 25.6. The van der Waals surface area contributed by atoms with Gasteiger partial charge in [0, 0.05) is 20.9 Å². The predicted molar refractivity (Wildman–Crippen MR) is 164 cm³/mol. The lowest BCUT2D eigenvalue weighted by atomic mass is 10.00. The van der Waals surface area contributed by atoms with Crippen LogP contribution >= 0.6 is 15.9 Å². The number of ether oxygens (including phenoxy) is 2. The van der Waals surface area contributed by atoms with Crippen molar-refractivity contribution in [1.29, 1.82) is 0 Å². The highest BCUT2D eigenvalue weighted by Gasteiger charge is 2.15. The number of methoxy groups -OCH3 is 2. The van der Waals surface area contributed by atoms with Gasteiger partial charge in [-0.2, -0.15) is 0 Å². The van der Waals surface area contributed by atoms with Crippen LogP contribution in [0.4, 0.5) is 0 Å². The Kier molecular flexibility index (Phi) is 7.52. The Labute approximate surface area is 232 Å². The normalized spacial score (nSPS) is 10.8. The molecule has 0 aliphatic carbocycles. The van der Waals surface area contributed by atoms with Crippen molar-refractivity contribution in [3.63, 3.8) is 0 Å². The molecule has 0 fully saturated rings. The number of rotatable bonds is 5. The van der Waals surface area contributed by atoms with E-state index in [9.17, 15) is 0 Å². The fraction of sp³-hybridized carbons (Fsp3) is 0.118. The Bertz CT molecular complexity index is 1580. The van der Waals surface area contributed by atoms with Gasteiger partial charge in [-0.15, -0.1) is 0 Å². The maximum Gasteiger partial charge on any atom is 0.118 e. The van der Waals surface area contributed by atoms with Gasteiger partial charge >= 0.3 is 0 Å². The van der Waals surface area contributed by atoms with Crippen LogP contribution in [0.3, 0.4) is 0 Å². The Morgan fingerprint density at radius 1 is 0.500 bits per heavy atom. The van der Waals surface area contributed by atoms with Gasteiger partial charge in [-0.05, 0) is 95.1 Å². The minimum atomic E-state index is 0.857. The lowest BCUT2D eigenvalue weighted by Crippen LogP contribution is -1.93. The van der Waals surface area contributed by atoms with Crippen LogP contribution in [-0.4, -0.2) is 18.8 Å². The summed E-state index contributed by atoms with van der Waals surface area (Å²) in [5.74, 6) is 1.71. The van der Waals surface area contributed by atoms with Crippen molar-refractivity contribution in [3.05, 3.63) is 114 Å². The fourth-order valence-electron chi connectivity index (χ4n) is 4.82. The average molecular weight is 565 g/mol. The Balaban J connectivity index is 0.00000144. The standard InChI is InChI=1S/C32H24BrNO2.C2H6/c1-35-27-13-3-21(4-14-27)23-7-17-31-29(19-23)30-20-24(22-5-15-28(36-2)16-6-22)8-18-32(30)34(31)26-11-9-25(33)10-12-26;1-2/h3-20H,1-2H3;1-2H3. The van der Waals surface area contributed by atoms with E-state index in [-0.39, 0.29) is 0 Å². The van der Waals surface area contributed by atoms with Crippen molar-refractivity contribution >= 4 is 37.7 Å². The van der Waals surface area contributed by atoms with E-state index in [4.69, 9.17) is 9.47 Å². The molecule has 5 aromatic carbocycles. The molecule has 0 saturated carbocycles. The summed E-state index contributed by atoms with van der Waals surface area (Å²) >= 11 is 3.57. The van der Waals surface area contributed by atoms with Crippen LogP contribution in [0.15, 0.2) is 114 Å². The Hall–Kier alpha value is -4.02. The third-order valence-corrected chi connectivity index (χ3v) is 7.23. The van der Waals surface area contributed by atoms with E-state index in [1.165, 1.54) is 32.9 Å². The van der Waals surface area contributed by atoms with Crippen LogP contribution in [0.25, 0.3) is 49.7 Å². The van der Waals surface area contributed by atoms with Crippen molar-refractivity contribution < 1.29 is 9.47 Å². The molecule has 0 amide bonds. The van der Waals surface area contributed by atoms with Gasteiger partial charge in [-0.3, -0.25) is 0 Å². The Morgan fingerprint density at radius 2 is 0.895 bits per heavy atom. The minimum Gasteiger partial charge on any atom is -0.497 e. The molecule has 0 N–H and O–H groups in total. The smallest absolute Gasteiger partial charge is 0.118 e. The molecule has 0 bridgehead atoms. The predicted octanol–water partition coefficient (Wildman–Crippen LogP) is 9.92. The second-order valence-electron chi connectivity index (χ2n) is 8.73. The van der Waals surface area contributed by atoms with E-state index < -0.39 is 0 Å². The zero-order valence-electron chi connectivity index (χ0n) is 22.0. The number of hydrogen-bond donors (Lipinski definition) is 0. The molecule has 0 radical (unpaired) electrons. The lowest BCUT2D eigenvalue weighted by Gasteiger charge is -2.09. The average Bonchev–Trinajstić information content (AvgIpc) is 3.31. The van der Waals surface area contributed by atoms with Gasteiger partial charge in [0.05, 0.1) is 25.3 Å². The number of nitrogens with zero attached hydrogens (tertiary/aromatic N) is 1. The van der Waals surface area contributed by atoms with Crippen molar-refractivity contribution in [1.82, 2.24) is 4.57 Å². The second kappa shape index (κ2) is 11.2. The van der Waals surface area contributed by atoms with E-state index in [0.29, 0.717) is 0 Å². The first-order chi connectivity index (χ1) is 18.6. The highest BCUT2D eigenvalue weighted by Crippen LogP contribution is 2.37. The van der Waals surface area contributed by atoms with Crippen molar-refractivity contribution in [3.8, 4) is 39.4 Å². The van der Waals surface area contributed by atoms with Crippen molar-refractivity contribution in [2.75, 3.05) is 14.2 Å². The topological polar surface area (TPSA) is 23.4 Å². The molecule has 0 unspecified atom stereocenters. The first-order valence-corrected chi connectivity index (χ1v) is 13.6. The Morgan fingerprint density at radius 3 is 1.29 bits per heavy atom. The SMILES string of the molecule is CC.COc1ccc(-c2ccc3c(c2)c2cc(-c4ccc(OC)cc4)ccc2n3-c2ccc(Br)cc2)cc1. The molecular weight excluding hydrogens is 534 g/mol. The molecule has 0 aliphatic rings. The summed E-state index contributed by atoms with van der Waals surface area (Å²) in [5, 5.41) is 2.44. The van der Waals surface area contributed by atoms with Crippen LogP contribution in [0.5, 0.6) is 11.5 Å². The summed E-state index contributed by atoms with van der Waals surface area (Å²) in [6, 6.07) is 38.4. The monoisotopic (exact) mass is 563 g/mol. The van der Waals surface area contributed by atoms with Gasteiger partial charge in [-0.1, -0.05) is 66.2 Å². The summed E-state index contributed by atoms with van der Waals surface area (Å²) in [6.45, 7) is 4.00. The molecule has 38 heavy (non-hydrogen) atoms. The molecule has 1 heterocycles. The van der Waals surface area contributed by atoms with E-state index in [1.54, 1.807) is 14.2 Å². The number of benzene rings is 5. The van der Waals surface area contributed by atoms with Gasteiger partial charge < -0.3 is 14.0 Å². The molecule has 190 valence electrons. The van der Waals surface area contributed by atoms with Crippen molar-refractivity contribution in [2.24, 2.45) is 0 Å². The van der Waals surface area contributed by atoms with E-state index >= 15 is 0 Å². The van der Waals surface area contributed by atoms with Crippen molar-refractivity contribution in [2.45, 2.75) is 13.8 Å². The van der Waals surface area contributed by atoms with Crippen LogP contribution < -0.4 is 9.47 Å². The molecule has 4 heteroatoms. The number of hydrogen-bond acceptors (Lipinski definition) is 2. The summed E-state index contributed by atoms with van der Waals surface area (Å²) in [4.78, 5) is 0. The highest BCUT2D eigenvalue weighted by atomic mass is 79.9. The van der Waals surface area contributed by atoms with Crippen LogP contribution in [0.2, 0.25) is 0 Å². The molecule has 6 rings (SSSR count). The lowest BCUT2D eigenvalue weighted by molar-refractivity contribution is 0.415. The molecule has 0 saturated heterocycles. The van der Waals surface area contributed by atoms with Gasteiger partial charge in [0.2, 0.25) is 0 Å². The van der Waals surface area contributed by atoms with E-state index in [2.05, 4.69) is 105 Å². The zero-order valence-corrected chi connectivity index (χ0v) is 23.6. The largest absolute Gasteiger partial charge is 0.497 e. The summed E-state index contributed by atoms with van der Waals surface area (Å²) in [6.07, 6.45) is 0. The number of fused-ring (bicyclic) bond motifs is 3. The number of aromatic nitrogens is 1. The molecular formula is C34H30BrNO2.